The maximum absolute atomic E-state index is 13.9. The first kappa shape index (κ1) is 23.1. The Morgan fingerprint density at radius 1 is 1.06 bits per heavy atom. The molecule has 0 spiro atoms. The summed E-state index contributed by atoms with van der Waals surface area (Å²) in [6.45, 7) is 5.61. The second kappa shape index (κ2) is 9.07. The third-order valence-electron chi connectivity index (χ3n) is 5.65. The number of nitrogens with zero attached hydrogens (tertiary/aromatic N) is 4. The van der Waals surface area contributed by atoms with Gasteiger partial charge in [0.15, 0.2) is 5.69 Å². The van der Waals surface area contributed by atoms with Crippen molar-refractivity contribution in [1.82, 2.24) is 14.7 Å². The quantitative estimate of drug-likeness (QED) is 0.583. The molecule has 1 fully saturated rings. The van der Waals surface area contributed by atoms with Crippen molar-refractivity contribution >= 4 is 28.9 Å². The normalized spacial score (nSPS) is 15.0. The fourth-order valence-electron chi connectivity index (χ4n) is 3.90. The molecule has 1 aliphatic heterocycles. The number of carbonyl (C=O) groups is 1. The average molecular weight is 478 g/mol. The van der Waals surface area contributed by atoms with Gasteiger partial charge < -0.3 is 15.1 Å². The smallest absolute Gasteiger partial charge is 0.369 e. The molecule has 1 aliphatic rings. The van der Waals surface area contributed by atoms with Crippen LogP contribution in [0.1, 0.15) is 21.6 Å². The Labute approximate surface area is 194 Å². The van der Waals surface area contributed by atoms with Crippen molar-refractivity contribution in [2.75, 3.05) is 43.4 Å². The molecule has 174 valence electrons. The first-order chi connectivity index (χ1) is 15.6. The van der Waals surface area contributed by atoms with Gasteiger partial charge in [-0.15, -0.1) is 0 Å². The number of hydrogen-bond donors (Lipinski definition) is 1. The number of piperazine rings is 1. The van der Waals surface area contributed by atoms with Gasteiger partial charge in [-0.3, -0.25) is 4.79 Å². The number of halogens is 4. The van der Waals surface area contributed by atoms with Gasteiger partial charge in [0.05, 0.1) is 17.4 Å². The summed E-state index contributed by atoms with van der Waals surface area (Å²) in [5.41, 5.74) is 0.852. The number of hydrogen-bond acceptors (Lipinski definition) is 4. The second-order valence-electron chi connectivity index (χ2n) is 8.04. The Bertz CT molecular complexity index is 1150. The summed E-state index contributed by atoms with van der Waals surface area (Å²) in [6.07, 6.45) is -3.86. The summed E-state index contributed by atoms with van der Waals surface area (Å²) in [4.78, 5) is 17.3. The first-order valence-corrected chi connectivity index (χ1v) is 10.8. The number of anilines is 2. The molecule has 1 aromatic heterocycles. The van der Waals surface area contributed by atoms with Crippen molar-refractivity contribution in [2.24, 2.45) is 0 Å². The summed E-state index contributed by atoms with van der Waals surface area (Å²) in [6, 6.07) is 11.1. The van der Waals surface area contributed by atoms with E-state index in [1.54, 1.807) is 12.1 Å². The molecule has 2 aromatic carbocycles. The highest BCUT2D eigenvalue weighted by atomic mass is 35.5. The van der Waals surface area contributed by atoms with Crippen molar-refractivity contribution < 1.29 is 18.0 Å². The van der Waals surface area contributed by atoms with E-state index in [1.807, 2.05) is 13.0 Å². The molecule has 10 heteroatoms. The monoisotopic (exact) mass is 477 g/mol. The number of nitrogens with one attached hydrogen (secondary N) is 1. The van der Waals surface area contributed by atoms with Crippen LogP contribution in [0.25, 0.3) is 5.69 Å². The van der Waals surface area contributed by atoms with Gasteiger partial charge in [-0.05, 0) is 62.0 Å². The van der Waals surface area contributed by atoms with E-state index < -0.39 is 23.3 Å². The molecule has 4 rings (SSSR count). The zero-order chi connectivity index (χ0) is 23.8. The Morgan fingerprint density at radius 3 is 2.33 bits per heavy atom. The third kappa shape index (κ3) is 4.99. The highest BCUT2D eigenvalue weighted by Crippen LogP contribution is 2.34. The van der Waals surface area contributed by atoms with Crippen LogP contribution in [0.5, 0.6) is 0 Å². The van der Waals surface area contributed by atoms with E-state index in [4.69, 9.17) is 11.6 Å². The molecule has 2 heterocycles. The van der Waals surface area contributed by atoms with Crippen molar-refractivity contribution in [3.8, 4) is 5.69 Å². The molecule has 1 amide bonds. The Morgan fingerprint density at radius 2 is 1.73 bits per heavy atom. The van der Waals surface area contributed by atoms with Crippen molar-refractivity contribution in [1.29, 1.82) is 0 Å². The number of aromatic nitrogens is 2. The van der Waals surface area contributed by atoms with Crippen LogP contribution in [0.3, 0.4) is 0 Å². The van der Waals surface area contributed by atoms with Crippen LogP contribution in [-0.2, 0) is 6.18 Å². The largest absolute Gasteiger partial charge is 0.434 e. The molecule has 1 N–H and O–H groups in total. The van der Waals surface area contributed by atoms with Crippen LogP contribution >= 0.6 is 11.6 Å². The van der Waals surface area contributed by atoms with Crippen LogP contribution in [0.15, 0.2) is 48.7 Å². The maximum Gasteiger partial charge on any atom is 0.434 e. The molecule has 0 atom stereocenters. The van der Waals surface area contributed by atoms with Crippen LogP contribution in [0, 0.1) is 6.92 Å². The van der Waals surface area contributed by atoms with Gasteiger partial charge in [-0.1, -0.05) is 11.6 Å². The molecule has 0 bridgehead atoms. The van der Waals surface area contributed by atoms with E-state index in [9.17, 15) is 18.0 Å². The predicted octanol–water partition coefficient (Wildman–Crippen LogP) is 4.86. The number of likely N-dealkylation sites (N-methyl/N-ethyl adjacent to an activating group) is 1. The SMILES string of the molecule is Cc1cc(NC(=O)c2cnn(-c3ccc(Cl)cc3)c2C(F)(F)F)ccc1N1CCN(C)CC1. The minimum atomic E-state index is -4.79. The summed E-state index contributed by atoms with van der Waals surface area (Å²) in [7, 11) is 2.08. The standard InChI is InChI=1S/C23H23ClF3N5O/c1-15-13-17(5-8-20(15)31-11-9-30(2)10-12-31)29-22(33)19-14-28-32(21(19)23(25,26)27)18-6-3-16(24)4-7-18/h3-8,13-14H,9-12H2,1-2H3,(H,29,33). The average Bonchev–Trinajstić information content (AvgIpc) is 3.21. The highest BCUT2D eigenvalue weighted by Gasteiger charge is 2.40. The first-order valence-electron chi connectivity index (χ1n) is 10.4. The van der Waals surface area contributed by atoms with E-state index in [0.717, 1.165) is 43.6 Å². The van der Waals surface area contributed by atoms with Gasteiger partial charge in [-0.2, -0.15) is 18.3 Å². The van der Waals surface area contributed by atoms with Gasteiger partial charge in [0.1, 0.15) is 0 Å². The zero-order valence-corrected chi connectivity index (χ0v) is 18.9. The Kier molecular flexibility index (Phi) is 6.36. The van der Waals surface area contributed by atoms with Crippen LogP contribution in [-0.4, -0.2) is 53.8 Å². The highest BCUT2D eigenvalue weighted by molar-refractivity contribution is 6.30. The van der Waals surface area contributed by atoms with Crippen molar-refractivity contribution in [3.05, 3.63) is 70.5 Å². The van der Waals surface area contributed by atoms with Gasteiger partial charge in [-0.25, -0.2) is 4.68 Å². The minimum Gasteiger partial charge on any atom is -0.369 e. The third-order valence-corrected chi connectivity index (χ3v) is 5.90. The fourth-order valence-corrected chi connectivity index (χ4v) is 4.03. The van der Waals surface area contributed by atoms with Crippen LogP contribution in [0.2, 0.25) is 5.02 Å². The molecule has 0 radical (unpaired) electrons. The van der Waals surface area contributed by atoms with E-state index in [2.05, 4.69) is 27.3 Å². The topological polar surface area (TPSA) is 53.4 Å². The number of aryl methyl sites for hydroxylation is 1. The van der Waals surface area contributed by atoms with Gasteiger partial charge in [0.2, 0.25) is 0 Å². The van der Waals surface area contributed by atoms with Gasteiger partial charge >= 0.3 is 6.18 Å². The molecular weight excluding hydrogens is 455 g/mol. The van der Waals surface area contributed by atoms with Crippen LogP contribution < -0.4 is 10.2 Å². The maximum atomic E-state index is 13.9. The van der Waals surface area contributed by atoms with Crippen molar-refractivity contribution in [2.45, 2.75) is 13.1 Å². The predicted molar refractivity (Wildman–Crippen MR) is 122 cm³/mol. The molecule has 0 saturated carbocycles. The summed E-state index contributed by atoms with van der Waals surface area (Å²) < 4.78 is 42.3. The minimum absolute atomic E-state index is 0.151. The zero-order valence-electron chi connectivity index (χ0n) is 18.2. The summed E-state index contributed by atoms with van der Waals surface area (Å²) in [5.74, 6) is -0.880. The van der Waals surface area contributed by atoms with Crippen LogP contribution in [0.4, 0.5) is 24.5 Å². The lowest BCUT2D eigenvalue weighted by atomic mass is 10.1. The van der Waals surface area contributed by atoms with E-state index >= 15 is 0 Å². The molecule has 3 aromatic rings. The number of alkyl halides is 3. The van der Waals surface area contributed by atoms with Gasteiger partial charge in [0.25, 0.3) is 5.91 Å². The van der Waals surface area contributed by atoms with E-state index in [1.165, 1.54) is 24.3 Å². The molecule has 0 aliphatic carbocycles. The summed E-state index contributed by atoms with van der Waals surface area (Å²) >= 11 is 5.83. The van der Waals surface area contributed by atoms with Crippen molar-refractivity contribution in [3.63, 3.8) is 0 Å². The number of amides is 1. The lowest BCUT2D eigenvalue weighted by molar-refractivity contribution is -0.143. The summed E-state index contributed by atoms with van der Waals surface area (Å²) in [5, 5.41) is 6.79. The Balaban J connectivity index is 1.59. The number of benzene rings is 2. The van der Waals surface area contributed by atoms with Gasteiger partial charge in [0, 0.05) is 42.6 Å². The molecule has 33 heavy (non-hydrogen) atoms. The molecule has 6 nitrogen and oxygen atoms in total. The van der Waals surface area contributed by atoms with E-state index in [0.29, 0.717) is 15.4 Å². The number of rotatable bonds is 4. The lowest BCUT2D eigenvalue weighted by Gasteiger charge is -2.35. The molecule has 0 unspecified atom stereocenters. The molecule has 1 saturated heterocycles. The molecular formula is C23H23ClF3N5O. The second-order valence-corrected chi connectivity index (χ2v) is 8.47. The Hall–Kier alpha value is -3.04. The van der Waals surface area contributed by atoms with E-state index in [-0.39, 0.29) is 5.69 Å². The lowest BCUT2D eigenvalue weighted by Crippen LogP contribution is -2.44. The fraction of sp³-hybridized carbons (Fsp3) is 0.304. The number of carbonyl (C=O) groups excluding carboxylic acids is 1.